The minimum absolute atomic E-state index is 0.106. The Labute approximate surface area is 141 Å². The van der Waals surface area contributed by atoms with Crippen molar-refractivity contribution in [3.8, 4) is 0 Å². The Morgan fingerprint density at radius 1 is 1.04 bits per heavy atom. The van der Waals surface area contributed by atoms with Gasteiger partial charge in [-0.1, -0.05) is 43.3 Å². The first-order valence-corrected chi connectivity index (χ1v) is 8.13. The Morgan fingerprint density at radius 3 is 2.29 bits per heavy atom. The van der Waals surface area contributed by atoms with Crippen molar-refractivity contribution in [3.63, 3.8) is 0 Å². The smallest absolute Gasteiger partial charge is 0.312 e. The number of methoxy groups -OCH3 is 2. The number of esters is 2. The molecule has 0 radical (unpaired) electrons. The Morgan fingerprint density at radius 2 is 1.67 bits per heavy atom. The Hall–Kier alpha value is -2.14. The van der Waals surface area contributed by atoms with E-state index in [1.807, 2.05) is 37.3 Å². The fraction of sp³-hybridized carbons (Fsp3) is 0.474. The third-order valence-electron chi connectivity index (χ3n) is 4.97. The minimum atomic E-state index is -0.675. The highest BCUT2D eigenvalue weighted by molar-refractivity contribution is 5.84. The van der Waals surface area contributed by atoms with Crippen molar-refractivity contribution in [2.75, 3.05) is 14.2 Å². The Bertz CT molecular complexity index is 651. The molecule has 1 saturated heterocycles. The van der Waals surface area contributed by atoms with Gasteiger partial charge in [0.1, 0.15) is 5.92 Å². The maximum atomic E-state index is 12.4. The van der Waals surface area contributed by atoms with Gasteiger partial charge in [0.05, 0.1) is 32.3 Å². The van der Waals surface area contributed by atoms with Gasteiger partial charge >= 0.3 is 11.9 Å². The number of benzene rings is 1. The van der Waals surface area contributed by atoms with Gasteiger partial charge in [-0.2, -0.15) is 0 Å². The van der Waals surface area contributed by atoms with Crippen LogP contribution in [-0.2, 0) is 23.8 Å². The predicted molar refractivity (Wildman–Crippen MR) is 86.9 cm³/mol. The van der Waals surface area contributed by atoms with Crippen LogP contribution in [0, 0.1) is 17.8 Å². The molecule has 0 unspecified atom stereocenters. The standard InChI is InChI=1S/C19H22O5/c1-11-9-13-10-14(12-7-5-4-6-8-12)24-17(13)16(19(21)23-3)15(11)18(20)22-2/h4-9,11,14-17H,10H2,1-3H3/t11-,14+,15+,16+,17+/m0/s1. The maximum absolute atomic E-state index is 12.4. The second kappa shape index (κ2) is 6.77. The highest BCUT2D eigenvalue weighted by Crippen LogP contribution is 2.47. The summed E-state index contributed by atoms with van der Waals surface area (Å²) in [6.07, 6.45) is 2.22. The van der Waals surface area contributed by atoms with Crippen LogP contribution in [0.2, 0.25) is 0 Å². The molecule has 128 valence electrons. The van der Waals surface area contributed by atoms with E-state index in [2.05, 4.69) is 6.08 Å². The molecule has 0 spiro atoms. The van der Waals surface area contributed by atoms with Crippen molar-refractivity contribution in [2.24, 2.45) is 17.8 Å². The van der Waals surface area contributed by atoms with Crippen molar-refractivity contribution in [2.45, 2.75) is 25.6 Å². The average molecular weight is 330 g/mol. The summed E-state index contributed by atoms with van der Waals surface area (Å²) < 4.78 is 16.1. The average Bonchev–Trinajstić information content (AvgIpc) is 3.03. The van der Waals surface area contributed by atoms with Crippen LogP contribution in [0.5, 0.6) is 0 Å². The van der Waals surface area contributed by atoms with Gasteiger partial charge in [0.2, 0.25) is 0 Å². The van der Waals surface area contributed by atoms with E-state index in [1.54, 1.807) is 0 Å². The van der Waals surface area contributed by atoms with E-state index in [1.165, 1.54) is 14.2 Å². The van der Waals surface area contributed by atoms with Gasteiger partial charge in [-0.15, -0.1) is 0 Å². The van der Waals surface area contributed by atoms with Gasteiger partial charge in [0.15, 0.2) is 0 Å². The summed E-state index contributed by atoms with van der Waals surface area (Å²) in [5, 5.41) is 0. The fourth-order valence-corrected chi connectivity index (χ4v) is 3.85. The van der Waals surface area contributed by atoms with E-state index in [0.717, 1.165) is 17.6 Å². The van der Waals surface area contributed by atoms with Gasteiger partial charge in [-0.05, 0) is 17.1 Å². The van der Waals surface area contributed by atoms with E-state index in [4.69, 9.17) is 14.2 Å². The largest absolute Gasteiger partial charge is 0.469 e. The van der Waals surface area contributed by atoms with Crippen LogP contribution in [0.1, 0.15) is 25.0 Å². The number of rotatable bonds is 3. The first-order valence-electron chi connectivity index (χ1n) is 8.13. The summed E-state index contributed by atoms with van der Waals surface area (Å²) in [6, 6.07) is 9.91. The molecule has 24 heavy (non-hydrogen) atoms. The highest BCUT2D eigenvalue weighted by atomic mass is 16.5. The second-order valence-corrected chi connectivity index (χ2v) is 6.36. The van der Waals surface area contributed by atoms with E-state index in [9.17, 15) is 9.59 Å². The highest BCUT2D eigenvalue weighted by Gasteiger charge is 2.51. The van der Waals surface area contributed by atoms with E-state index in [0.29, 0.717) is 0 Å². The molecule has 1 fully saturated rings. The van der Waals surface area contributed by atoms with Crippen LogP contribution in [0.15, 0.2) is 42.0 Å². The van der Waals surface area contributed by atoms with Crippen molar-refractivity contribution >= 4 is 11.9 Å². The number of hydrogen-bond donors (Lipinski definition) is 0. The van der Waals surface area contributed by atoms with Gasteiger partial charge in [-0.3, -0.25) is 9.59 Å². The van der Waals surface area contributed by atoms with Crippen molar-refractivity contribution in [1.29, 1.82) is 0 Å². The molecule has 5 nitrogen and oxygen atoms in total. The molecule has 0 bridgehead atoms. The molecule has 5 atom stereocenters. The summed E-state index contributed by atoms with van der Waals surface area (Å²) in [5.74, 6) is -2.20. The molecule has 2 aliphatic rings. The summed E-state index contributed by atoms with van der Waals surface area (Å²) in [4.78, 5) is 24.6. The predicted octanol–water partition coefficient (Wildman–Crippen LogP) is 2.67. The molecule has 1 aliphatic carbocycles. The molecular weight excluding hydrogens is 308 g/mol. The Kier molecular flexibility index (Phi) is 4.71. The number of allylic oxidation sites excluding steroid dienone is 1. The van der Waals surface area contributed by atoms with Crippen LogP contribution in [0.3, 0.4) is 0 Å². The summed E-state index contributed by atoms with van der Waals surface area (Å²) in [7, 11) is 2.67. The molecule has 1 aliphatic heterocycles. The third-order valence-corrected chi connectivity index (χ3v) is 4.97. The molecule has 0 aromatic heterocycles. The van der Waals surface area contributed by atoms with Crippen molar-refractivity contribution in [3.05, 3.63) is 47.5 Å². The number of carbonyl (C=O) groups is 2. The molecule has 1 heterocycles. The number of fused-ring (bicyclic) bond motifs is 1. The SMILES string of the molecule is COC(=O)[C@@H]1[C@H](C(=O)OC)[C@@H](C)C=C2C[C@H](c3ccccc3)O[C@H]21. The van der Waals surface area contributed by atoms with E-state index < -0.39 is 29.9 Å². The lowest BCUT2D eigenvalue weighted by atomic mass is 9.72. The normalized spacial score (nSPS) is 31.8. The lowest BCUT2D eigenvalue weighted by Crippen LogP contribution is -2.45. The van der Waals surface area contributed by atoms with Crippen LogP contribution in [0.25, 0.3) is 0 Å². The number of ether oxygens (including phenoxy) is 3. The van der Waals surface area contributed by atoms with Crippen molar-refractivity contribution < 1.29 is 23.8 Å². The molecule has 1 aromatic rings. The summed E-state index contributed by atoms with van der Waals surface area (Å²) in [6.45, 7) is 1.93. The first-order chi connectivity index (χ1) is 11.6. The fourth-order valence-electron chi connectivity index (χ4n) is 3.85. The van der Waals surface area contributed by atoms with Crippen molar-refractivity contribution in [1.82, 2.24) is 0 Å². The molecule has 1 aromatic carbocycles. The van der Waals surface area contributed by atoms with Gasteiger partial charge in [0, 0.05) is 6.42 Å². The quantitative estimate of drug-likeness (QED) is 0.630. The molecule has 0 N–H and O–H groups in total. The summed E-state index contributed by atoms with van der Waals surface area (Å²) in [5.41, 5.74) is 2.13. The van der Waals surface area contributed by atoms with Gasteiger partial charge in [-0.25, -0.2) is 0 Å². The second-order valence-electron chi connectivity index (χ2n) is 6.36. The van der Waals surface area contributed by atoms with E-state index in [-0.39, 0.29) is 12.0 Å². The third kappa shape index (κ3) is 2.84. The van der Waals surface area contributed by atoms with Crippen LogP contribution >= 0.6 is 0 Å². The zero-order chi connectivity index (χ0) is 17.3. The number of carbonyl (C=O) groups excluding carboxylic acids is 2. The topological polar surface area (TPSA) is 61.8 Å². The lowest BCUT2D eigenvalue weighted by Gasteiger charge is -2.35. The molecule has 0 amide bonds. The van der Waals surface area contributed by atoms with Crippen LogP contribution in [0.4, 0.5) is 0 Å². The van der Waals surface area contributed by atoms with Gasteiger partial charge in [0.25, 0.3) is 0 Å². The summed E-state index contributed by atoms with van der Waals surface area (Å²) >= 11 is 0. The molecule has 5 heteroatoms. The zero-order valence-electron chi connectivity index (χ0n) is 14.1. The maximum Gasteiger partial charge on any atom is 0.312 e. The molecular formula is C19H22O5. The minimum Gasteiger partial charge on any atom is -0.469 e. The Balaban J connectivity index is 1.94. The van der Waals surface area contributed by atoms with Gasteiger partial charge < -0.3 is 14.2 Å². The van der Waals surface area contributed by atoms with Crippen LogP contribution < -0.4 is 0 Å². The lowest BCUT2D eigenvalue weighted by molar-refractivity contribution is -0.165. The molecule has 0 saturated carbocycles. The molecule has 3 rings (SSSR count). The zero-order valence-corrected chi connectivity index (χ0v) is 14.1. The van der Waals surface area contributed by atoms with E-state index >= 15 is 0 Å². The van der Waals surface area contributed by atoms with Crippen LogP contribution in [-0.4, -0.2) is 32.3 Å². The first kappa shape index (κ1) is 16.7. The monoisotopic (exact) mass is 330 g/mol. The number of hydrogen-bond acceptors (Lipinski definition) is 5.